The maximum atomic E-state index is 10.4. The second kappa shape index (κ2) is 3.95. The van der Waals surface area contributed by atoms with Crippen LogP contribution in [0, 0.1) is 0 Å². The van der Waals surface area contributed by atoms with Gasteiger partial charge in [-0.2, -0.15) is 0 Å². The molecular formula is C6H7O3. The minimum Gasteiger partial charge on any atom is -0.290 e. The number of hydrogen-bond acceptors (Lipinski definition) is 3. The molecule has 0 aliphatic heterocycles. The molecule has 0 aromatic carbocycles. The number of carbonyl (C=O) groups is 2. The summed E-state index contributed by atoms with van der Waals surface area (Å²) >= 11 is 0. The molecule has 3 nitrogen and oxygen atoms in total. The van der Waals surface area contributed by atoms with Crippen LogP contribution in [0.3, 0.4) is 0 Å². The molecule has 0 spiro atoms. The van der Waals surface area contributed by atoms with E-state index in [1.54, 1.807) is 6.92 Å². The Morgan fingerprint density at radius 1 is 1.44 bits per heavy atom. The topological polar surface area (TPSA) is 51.2 Å². The van der Waals surface area contributed by atoms with Crippen LogP contribution in [0.5, 0.6) is 0 Å². The Labute approximate surface area is 53.0 Å². The van der Waals surface area contributed by atoms with Gasteiger partial charge in [0, 0.05) is 6.42 Å². The third-order valence-electron chi connectivity index (χ3n) is 0.823. The summed E-state index contributed by atoms with van der Waals surface area (Å²) in [4.78, 5) is 30.0. The standard InChI is InChI=1S/C6H7O3/c1-2-3-5(8)6(9)4-7/h2-3H2,1H3. The quantitative estimate of drug-likeness (QED) is 0.395. The Morgan fingerprint density at radius 2 is 2.00 bits per heavy atom. The van der Waals surface area contributed by atoms with Gasteiger partial charge in [-0.15, -0.1) is 0 Å². The summed E-state index contributed by atoms with van der Waals surface area (Å²) in [6.45, 7) is 1.76. The SMILES string of the molecule is CCCC(=O)C(=O)[C]=O. The highest BCUT2D eigenvalue weighted by molar-refractivity contribution is 6.57. The first-order chi connectivity index (χ1) is 4.22. The van der Waals surface area contributed by atoms with Gasteiger partial charge in [-0.05, 0) is 6.42 Å². The monoisotopic (exact) mass is 127 g/mol. The highest BCUT2D eigenvalue weighted by atomic mass is 16.2. The van der Waals surface area contributed by atoms with Crippen LogP contribution in [0.2, 0.25) is 0 Å². The van der Waals surface area contributed by atoms with Crippen LogP contribution in [0.25, 0.3) is 0 Å². The molecule has 0 amide bonds. The van der Waals surface area contributed by atoms with Crippen LogP contribution in [-0.2, 0) is 14.4 Å². The van der Waals surface area contributed by atoms with Gasteiger partial charge >= 0.3 is 0 Å². The zero-order valence-electron chi connectivity index (χ0n) is 5.14. The molecule has 0 bridgehead atoms. The average Bonchev–Trinajstić information content (AvgIpc) is 1.87. The number of rotatable bonds is 4. The molecule has 0 N–H and O–H groups in total. The smallest absolute Gasteiger partial charge is 0.280 e. The van der Waals surface area contributed by atoms with Crippen molar-refractivity contribution in [2.24, 2.45) is 0 Å². The molecule has 0 aliphatic carbocycles. The van der Waals surface area contributed by atoms with Crippen LogP contribution >= 0.6 is 0 Å². The summed E-state index contributed by atoms with van der Waals surface area (Å²) in [6, 6.07) is 0. The van der Waals surface area contributed by atoms with Gasteiger partial charge in [0.15, 0.2) is 0 Å². The van der Waals surface area contributed by atoms with E-state index in [0.717, 1.165) is 6.29 Å². The maximum Gasteiger partial charge on any atom is 0.280 e. The molecule has 0 aromatic rings. The fraction of sp³-hybridized carbons (Fsp3) is 0.500. The second-order valence-corrected chi connectivity index (χ2v) is 1.60. The molecule has 49 valence electrons. The molecule has 0 aromatic heterocycles. The van der Waals surface area contributed by atoms with Crippen molar-refractivity contribution in [3.63, 3.8) is 0 Å². The van der Waals surface area contributed by atoms with Gasteiger partial charge in [-0.25, -0.2) is 0 Å². The van der Waals surface area contributed by atoms with Crippen LogP contribution < -0.4 is 0 Å². The molecule has 1 radical (unpaired) electrons. The molecule has 0 saturated carbocycles. The summed E-state index contributed by atoms with van der Waals surface area (Å²) < 4.78 is 0. The van der Waals surface area contributed by atoms with Gasteiger partial charge in [-0.3, -0.25) is 14.4 Å². The van der Waals surface area contributed by atoms with E-state index in [-0.39, 0.29) is 6.42 Å². The summed E-state index contributed by atoms with van der Waals surface area (Å²) in [5, 5.41) is 0. The molecule has 0 heterocycles. The van der Waals surface area contributed by atoms with E-state index < -0.39 is 11.6 Å². The van der Waals surface area contributed by atoms with Gasteiger partial charge in [-0.1, -0.05) is 6.92 Å². The van der Waals surface area contributed by atoms with E-state index in [9.17, 15) is 14.4 Å². The first-order valence-electron chi connectivity index (χ1n) is 2.67. The Kier molecular flexibility index (Phi) is 3.51. The van der Waals surface area contributed by atoms with Crippen molar-refractivity contribution in [1.29, 1.82) is 0 Å². The maximum absolute atomic E-state index is 10.4. The molecule has 0 unspecified atom stereocenters. The third kappa shape index (κ3) is 2.74. The third-order valence-corrected chi connectivity index (χ3v) is 0.823. The minimum atomic E-state index is -1.04. The van der Waals surface area contributed by atoms with Crippen LogP contribution in [0.15, 0.2) is 0 Å². The zero-order chi connectivity index (χ0) is 7.28. The lowest BCUT2D eigenvalue weighted by molar-refractivity contribution is -0.132. The number of carbonyl (C=O) groups excluding carboxylic acids is 3. The van der Waals surface area contributed by atoms with E-state index in [1.807, 2.05) is 0 Å². The van der Waals surface area contributed by atoms with Gasteiger partial charge in [0.05, 0.1) is 0 Å². The molecule has 0 saturated heterocycles. The predicted molar refractivity (Wildman–Crippen MR) is 30.6 cm³/mol. The zero-order valence-corrected chi connectivity index (χ0v) is 5.14. The summed E-state index contributed by atoms with van der Waals surface area (Å²) in [5.74, 6) is -1.69. The van der Waals surface area contributed by atoms with Crippen LogP contribution in [0.4, 0.5) is 0 Å². The Balaban J connectivity index is 3.73. The first kappa shape index (κ1) is 8.01. The van der Waals surface area contributed by atoms with Crippen molar-refractivity contribution in [2.75, 3.05) is 0 Å². The van der Waals surface area contributed by atoms with E-state index in [0.29, 0.717) is 6.42 Å². The van der Waals surface area contributed by atoms with Crippen LogP contribution in [-0.4, -0.2) is 17.9 Å². The molecule has 0 fully saturated rings. The summed E-state index contributed by atoms with van der Waals surface area (Å²) in [7, 11) is 0. The minimum absolute atomic E-state index is 0.147. The highest BCUT2D eigenvalue weighted by Gasteiger charge is 2.10. The van der Waals surface area contributed by atoms with Crippen molar-refractivity contribution < 1.29 is 14.4 Å². The van der Waals surface area contributed by atoms with E-state index in [2.05, 4.69) is 0 Å². The van der Waals surface area contributed by atoms with Crippen molar-refractivity contribution in [2.45, 2.75) is 19.8 Å². The van der Waals surface area contributed by atoms with Crippen LogP contribution in [0.1, 0.15) is 19.8 Å². The van der Waals surface area contributed by atoms with Gasteiger partial charge in [0.1, 0.15) is 0 Å². The highest BCUT2D eigenvalue weighted by Crippen LogP contribution is 1.87. The lowest BCUT2D eigenvalue weighted by Crippen LogP contribution is -2.13. The van der Waals surface area contributed by atoms with Gasteiger partial charge in [0.25, 0.3) is 12.1 Å². The Morgan fingerprint density at radius 3 is 2.33 bits per heavy atom. The predicted octanol–water partition coefficient (Wildman–Crippen LogP) is 0.0344. The fourth-order valence-electron chi connectivity index (χ4n) is 0.398. The normalized spacial score (nSPS) is 8.56. The lowest BCUT2D eigenvalue weighted by Gasteiger charge is -1.85. The van der Waals surface area contributed by atoms with E-state index in [1.165, 1.54) is 0 Å². The van der Waals surface area contributed by atoms with Gasteiger partial charge < -0.3 is 0 Å². The molecule has 0 aliphatic rings. The second-order valence-electron chi connectivity index (χ2n) is 1.60. The van der Waals surface area contributed by atoms with Crippen molar-refractivity contribution in [1.82, 2.24) is 0 Å². The number of hydrogen-bond donors (Lipinski definition) is 0. The number of ketones is 2. The molecular weight excluding hydrogens is 120 g/mol. The molecule has 9 heavy (non-hydrogen) atoms. The van der Waals surface area contributed by atoms with Crippen molar-refractivity contribution in [3.8, 4) is 0 Å². The molecule has 3 heteroatoms. The Bertz CT molecular complexity index is 137. The molecule has 0 atom stereocenters. The summed E-state index contributed by atoms with van der Waals surface area (Å²) in [5.41, 5.74) is 0. The van der Waals surface area contributed by atoms with E-state index >= 15 is 0 Å². The lowest BCUT2D eigenvalue weighted by atomic mass is 10.2. The molecule has 0 rings (SSSR count). The van der Waals surface area contributed by atoms with Gasteiger partial charge in [0.2, 0.25) is 5.78 Å². The van der Waals surface area contributed by atoms with E-state index in [4.69, 9.17) is 0 Å². The Hall–Kier alpha value is -0.990. The van der Waals surface area contributed by atoms with Crippen molar-refractivity contribution in [3.05, 3.63) is 0 Å². The summed E-state index contributed by atoms with van der Waals surface area (Å²) in [6.07, 6.45) is 1.75. The fourth-order valence-corrected chi connectivity index (χ4v) is 0.398. The average molecular weight is 127 g/mol. The number of Topliss-reactive ketones (excluding diaryl/α,β-unsaturated/α-hetero) is 2. The van der Waals surface area contributed by atoms with Crippen molar-refractivity contribution >= 4 is 17.9 Å². The largest absolute Gasteiger partial charge is 0.290 e. The first-order valence-corrected chi connectivity index (χ1v) is 2.67.